The van der Waals surface area contributed by atoms with Gasteiger partial charge in [-0.2, -0.15) is 0 Å². The molecule has 0 saturated carbocycles. The minimum atomic E-state index is 0.770. The fourth-order valence-corrected chi connectivity index (χ4v) is 3.14. The van der Waals surface area contributed by atoms with Crippen LogP contribution in [-0.4, -0.2) is 55.2 Å². The zero-order valence-electron chi connectivity index (χ0n) is 10.7. The van der Waals surface area contributed by atoms with E-state index in [1.54, 1.807) is 0 Å². The Kier molecular flexibility index (Phi) is 3.54. The number of aromatic nitrogens is 1. The van der Waals surface area contributed by atoms with E-state index in [2.05, 4.69) is 49.0 Å². The zero-order chi connectivity index (χ0) is 12.5. The fraction of sp³-hybridized carbons (Fsp3) is 0.615. The molecule has 4 nitrogen and oxygen atoms in total. The lowest BCUT2D eigenvalue weighted by Crippen LogP contribution is -2.61. The monoisotopic (exact) mass is 310 g/mol. The molecule has 1 N–H and O–H groups in total. The third kappa shape index (κ3) is 2.39. The molecule has 0 bridgehead atoms. The molecule has 0 aliphatic carbocycles. The third-order valence-electron chi connectivity index (χ3n) is 3.91. The molecule has 0 atom stereocenters. The second kappa shape index (κ2) is 5.15. The highest BCUT2D eigenvalue weighted by Gasteiger charge is 2.28. The molecule has 0 unspecified atom stereocenters. The van der Waals surface area contributed by atoms with Crippen LogP contribution < -0.4 is 10.2 Å². The van der Waals surface area contributed by atoms with Gasteiger partial charge in [0, 0.05) is 56.0 Å². The third-order valence-corrected chi connectivity index (χ3v) is 4.34. The molecular formula is C13H19BrN4. The highest BCUT2D eigenvalue weighted by atomic mass is 79.9. The lowest BCUT2D eigenvalue weighted by Gasteiger charge is -2.43. The number of anilines is 1. The first-order valence-corrected chi connectivity index (χ1v) is 7.35. The fourth-order valence-electron chi connectivity index (χ4n) is 2.69. The van der Waals surface area contributed by atoms with Crippen molar-refractivity contribution in [3.63, 3.8) is 0 Å². The average Bonchev–Trinajstić information content (AvgIpc) is 2.28. The van der Waals surface area contributed by atoms with E-state index in [0.717, 1.165) is 55.6 Å². The Labute approximate surface area is 116 Å². The van der Waals surface area contributed by atoms with Gasteiger partial charge in [0.1, 0.15) is 5.82 Å². The van der Waals surface area contributed by atoms with Gasteiger partial charge in [-0.15, -0.1) is 0 Å². The largest absolute Gasteiger partial charge is 0.354 e. The Hall–Kier alpha value is -0.650. The smallest absolute Gasteiger partial charge is 0.131 e. The van der Waals surface area contributed by atoms with Crippen LogP contribution in [0, 0.1) is 6.92 Å². The van der Waals surface area contributed by atoms with Crippen molar-refractivity contribution in [2.24, 2.45) is 0 Å². The normalized spacial score (nSPS) is 22.0. The van der Waals surface area contributed by atoms with Gasteiger partial charge in [-0.1, -0.05) is 0 Å². The van der Waals surface area contributed by atoms with E-state index < -0.39 is 0 Å². The summed E-state index contributed by atoms with van der Waals surface area (Å²) in [5, 5.41) is 3.34. The van der Waals surface area contributed by atoms with Crippen molar-refractivity contribution in [1.82, 2.24) is 15.2 Å². The number of piperazine rings is 1. The Bertz CT molecular complexity index is 425. The van der Waals surface area contributed by atoms with Crippen LogP contribution >= 0.6 is 15.9 Å². The van der Waals surface area contributed by atoms with E-state index in [1.807, 2.05) is 6.20 Å². The minimum absolute atomic E-state index is 0.770. The maximum atomic E-state index is 4.55. The molecule has 0 amide bonds. The van der Waals surface area contributed by atoms with Crippen LogP contribution in [-0.2, 0) is 0 Å². The van der Waals surface area contributed by atoms with E-state index >= 15 is 0 Å². The molecule has 0 radical (unpaired) electrons. The van der Waals surface area contributed by atoms with Gasteiger partial charge >= 0.3 is 0 Å². The Balaban J connectivity index is 1.64. The van der Waals surface area contributed by atoms with Crippen molar-refractivity contribution in [3.05, 3.63) is 22.3 Å². The second-order valence-corrected chi connectivity index (χ2v) is 6.04. The highest BCUT2D eigenvalue weighted by molar-refractivity contribution is 9.10. The number of pyridine rings is 1. The van der Waals surface area contributed by atoms with Gasteiger partial charge in [-0.3, -0.25) is 4.90 Å². The summed E-state index contributed by atoms with van der Waals surface area (Å²) in [4.78, 5) is 9.56. The zero-order valence-corrected chi connectivity index (χ0v) is 12.3. The molecule has 0 aromatic carbocycles. The van der Waals surface area contributed by atoms with Gasteiger partial charge < -0.3 is 10.2 Å². The minimum Gasteiger partial charge on any atom is -0.354 e. The molecule has 2 saturated heterocycles. The molecule has 2 fully saturated rings. The van der Waals surface area contributed by atoms with Crippen LogP contribution in [0.15, 0.2) is 16.7 Å². The molecule has 2 aliphatic heterocycles. The molecule has 98 valence electrons. The molecule has 1 aromatic heterocycles. The summed E-state index contributed by atoms with van der Waals surface area (Å²) >= 11 is 3.47. The highest BCUT2D eigenvalue weighted by Crippen LogP contribution is 2.22. The molecule has 1 aromatic rings. The lowest BCUT2D eigenvalue weighted by molar-refractivity contribution is 0.137. The van der Waals surface area contributed by atoms with Crippen LogP contribution in [0.4, 0.5) is 5.82 Å². The van der Waals surface area contributed by atoms with Crippen molar-refractivity contribution < 1.29 is 0 Å². The Morgan fingerprint density at radius 2 is 2.00 bits per heavy atom. The topological polar surface area (TPSA) is 31.4 Å². The first-order valence-electron chi connectivity index (χ1n) is 6.56. The molecular weight excluding hydrogens is 292 g/mol. The predicted octanol–water partition coefficient (Wildman–Crippen LogP) is 1.25. The van der Waals surface area contributed by atoms with Gasteiger partial charge in [-0.25, -0.2) is 4.98 Å². The lowest BCUT2D eigenvalue weighted by atomic mass is 10.1. The van der Waals surface area contributed by atoms with Crippen LogP contribution in [0.2, 0.25) is 0 Å². The summed E-state index contributed by atoms with van der Waals surface area (Å²) in [6.45, 7) is 8.95. The van der Waals surface area contributed by atoms with Crippen molar-refractivity contribution in [3.8, 4) is 0 Å². The SMILES string of the molecule is Cc1cc(Br)cnc1N1CCN(C2CNC2)CC1. The standard InChI is InChI=1S/C13H19BrN4/c1-10-6-11(14)7-16-13(10)18-4-2-17(3-5-18)12-8-15-9-12/h6-7,12,15H,2-5,8-9H2,1H3. The number of rotatable bonds is 2. The maximum absolute atomic E-state index is 4.55. The second-order valence-electron chi connectivity index (χ2n) is 5.13. The van der Waals surface area contributed by atoms with Crippen molar-refractivity contribution in [2.75, 3.05) is 44.2 Å². The van der Waals surface area contributed by atoms with E-state index in [4.69, 9.17) is 0 Å². The molecule has 0 spiro atoms. The number of hydrogen-bond donors (Lipinski definition) is 1. The molecule has 3 heterocycles. The summed E-state index contributed by atoms with van der Waals surface area (Å²) < 4.78 is 1.06. The van der Waals surface area contributed by atoms with Gasteiger partial charge in [0.25, 0.3) is 0 Å². The number of aryl methyl sites for hydroxylation is 1. The molecule has 18 heavy (non-hydrogen) atoms. The van der Waals surface area contributed by atoms with E-state index in [0.29, 0.717) is 0 Å². The van der Waals surface area contributed by atoms with Crippen molar-refractivity contribution >= 4 is 21.7 Å². The van der Waals surface area contributed by atoms with Gasteiger partial charge in [0.2, 0.25) is 0 Å². The van der Waals surface area contributed by atoms with Crippen LogP contribution in [0.3, 0.4) is 0 Å². The Morgan fingerprint density at radius 3 is 2.56 bits per heavy atom. The van der Waals surface area contributed by atoms with Crippen LogP contribution in [0.1, 0.15) is 5.56 Å². The molecule has 2 aliphatic rings. The summed E-state index contributed by atoms with van der Waals surface area (Å²) in [5.41, 5.74) is 1.25. The van der Waals surface area contributed by atoms with Gasteiger partial charge in [0.05, 0.1) is 0 Å². The van der Waals surface area contributed by atoms with Gasteiger partial charge in [-0.05, 0) is 34.5 Å². The van der Waals surface area contributed by atoms with Crippen LogP contribution in [0.5, 0.6) is 0 Å². The van der Waals surface area contributed by atoms with Crippen molar-refractivity contribution in [2.45, 2.75) is 13.0 Å². The number of nitrogens with one attached hydrogen (secondary N) is 1. The Morgan fingerprint density at radius 1 is 1.28 bits per heavy atom. The van der Waals surface area contributed by atoms with E-state index in [9.17, 15) is 0 Å². The van der Waals surface area contributed by atoms with E-state index in [1.165, 1.54) is 5.56 Å². The summed E-state index contributed by atoms with van der Waals surface area (Å²) in [6.07, 6.45) is 1.89. The first kappa shape index (κ1) is 12.4. The van der Waals surface area contributed by atoms with Crippen LogP contribution in [0.25, 0.3) is 0 Å². The number of nitrogens with zero attached hydrogens (tertiary/aromatic N) is 3. The first-order chi connectivity index (χ1) is 8.74. The van der Waals surface area contributed by atoms with Crippen molar-refractivity contribution in [1.29, 1.82) is 0 Å². The molecule has 3 rings (SSSR count). The maximum Gasteiger partial charge on any atom is 0.131 e. The predicted molar refractivity (Wildman–Crippen MR) is 77.1 cm³/mol. The van der Waals surface area contributed by atoms with E-state index in [-0.39, 0.29) is 0 Å². The number of halogens is 1. The quantitative estimate of drug-likeness (QED) is 0.891. The summed E-state index contributed by atoms with van der Waals surface area (Å²) in [7, 11) is 0. The number of hydrogen-bond acceptors (Lipinski definition) is 4. The summed E-state index contributed by atoms with van der Waals surface area (Å²) in [5.74, 6) is 1.14. The summed E-state index contributed by atoms with van der Waals surface area (Å²) in [6, 6.07) is 2.91. The molecule has 5 heteroatoms. The average molecular weight is 311 g/mol. The van der Waals surface area contributed by atoms with Gasteiger partial charge in [0.15, 0.2) is 0 Å².